The Morgan fingerprint density at radius 3 is 2.22 bits per heavy atom. The van der Waals surface area contributed by atoms with Crippen LogP contribution in [0.3, 0.4) is 0 Å². The summed E-state index contributed by atoms with van der Waals surface area (Å²) < 4.78 is 5.32. The van der Waals surface area contributed by atoms with E-state index in [-0.39, 0.29) is 11.6 Å². The van der Waals surface area contributed by atoms with Crippen LogP contribution >= 0.6 is 0 Å². The highest BCUT2D eigenvalue weighted by molar-refractivity contribution is 5.68. The molecular weight excluding hydrogens is 228 g/mol. The molecule has 1 unspecified atom stereocenters. The van der Waals surface area contributed by atoms with Gasteiger partial charge in [-0.1, -0.05) is 19.3 Å². The van der Waals surface area contributed by atoms with Crippen molar-refractivity contribution < 1.29 is 9.53 Å². The van der Waals surface area contributed by atoms with Crippen LogP contribution in [0.2, 0.25) is 0 Å². The van der Waals surface area contributed by atoms with Gasteiger partial charge in [-0.15, -0.1) is 0 Å². The van der Waals surface area contributed by atoms with E-state index in [9.17, 15) is 4.79 Å². The molecule has 1 fully saturated rings. The van der Waals surface area contributed by atoms with Crippen molar-refractivity contribution in [2.45, 2.75) is 70.9 Å². The maximum atomic E-state index is 11.9. The fourth-order valence-corrected chi connectivity index (χ4v) is 2.60. The van der Waals surface area contributed by atoms with E-state index < -0.39 is 5.60 Å². The summed E-state index contributed by atoms with van der Waals surface area (Å²) in [6, 6.07) is 0. The summed E-state index contributed by atoms with van der Waals surface area (Å²) in [5.41, 5.74) is 5.07. The predicted molar refractivity (Wildman–Crippen MR) is 73.4 cm³/mol. The monoisotopic (exact) mass is 256 g/mol. The Bertz CT molecular complexity index is 280. The molecule has 106 valence electrons. The molecule has 1 aliphatic carbocycles. The fraction of sp³-hybridized carbons (Fsp3) is 0.929. The minimum Gasteiger partial charge on any atom is -0.444 e. The lowest BCUT2D eigenvalue weighted by Gasteiger charge is -2.40. The molecule has 0 spiro atoms. The molecular formula is C14H28N2O2. The Morgan fingerprint density at radius 2 is 1.78 bits per heavy atom. The van der Waals surface area contributed by atoms with Crippen LogP contribution in [0.25, 0.3) is 0 Å². The van der Waals surface area contributed by atoms with Crippen LogP contribution in [0, 0.1) is 5.92 Å². The topological polar surface area (TPSA) is 64.3 Å². The third-order valence-electron chi connectivity index (χ3n) is 3.72. The van der Waals surface area contributed by atoms with Gasteiger partial charge in [0.2, 0.25) is 0 Å². The highest BCUT2D eigenvalue weighted by atomic mass is 16.6. The smallest absolute Gasteiger partial charge is 0.408 e. The van der Waals surface area contributed by atoms with Crippen molar-refractivity contribution in [1.29, 1.82) is 0 Å². The van der Waals surface area contributed by atoms with Crippen molar-refractivity contribution in [2.75, 3.05) is 6.54 Å². The third-order valence-corrected chi connectivity index (χ3v) is 3.72. The van der Waals surface area contributed by atoms with Crippen molar-refractivity contribution in [3.63, 3.8) is 0 Å². The molecule has 0 aromatic rings. The molecule has 0 aromatic heterocycles. The van der Waals surface area contributed by atoms with Gasteiger partial charge in [-0.3, -0.25) is 0 Å². The average molecular weight is 256 g/mol. The highest BCUT2D eigenvalue weighted by Gasteiger charge is 2.36. The van der Waals surface area contributed by atoms with Gasteiger partial charge in [-0.25, -0.2) is 4.79 Å². The number of hydrogen-bond donors (Lipinski definition) is 2. The zero-order valence-electron chi connectivity index (χ0n) is 12.2. The van der Waals surface area contributed by atoms with Crippen LogP contribution in [-0.2, 0) is 4.74 Å². The van der Waals surface area contributed by atoms with Gasteiger partial charge in [-0.05, 0) is 46.5 Å². The van der Waals surface area contributed by atoms with E-state index in [1.54, 1.807) is 0 Å². The van der Waals surface area contributed by atoms with Crippen LogP contribution in [0.5, 0.6) is 0 Å². The Balaban J connectivity index is 2.61. The lowest BCUT2D eigenvalue weighted by Crippen LogP contribution is -2.57. The highest BCUT2D eigenvalue weighted by Crippen LogP contribution is 2.32. The van der Waals surface area contributed by atoms with E-state index in [0.717, 1.165) is 12.8 Å². The van der Waals surface area contributed by atoms with Crippen molar-refractivity contribution in [2.24, 2.45) is 11.7 Å². The first-order chi connectivity index (χ1) is 8.27. The summed E-state index contributed by atoms with van der Waals surface area (Å²) in [4.78, 5) is 11.9. The number of rotatable bonds is 3. The van der Waals surface area contributed by atoms with E-state index in [0.29, 0.717) is 12.5 Å². The van der Waals surface area contributed by atoms with E-state index in [1.807, 2.05) is 27.7 Å². The van der Waals surface area contributed by atoms with Crippen molar-refractivity contribution in [3.05, 3.63) is 0 Å². The van der Waals surface area contributed by atoms with E-state index in [4.69, 9.17) is 10.5 Å². The molecule has 4 heteroatoms. The molecule has 0 bridgehead atoms. The minimum absolute atomic E-state index is 0.344. The Hall–Kier alpha value is -0.770. The minimum atomic E-state index is -0.466. The van der Waals surface area contributed by atoms with Gasteiger partial charge in [0.05, 0.1) is 5.54 Å². The molecule has 3 N–H and O–H groups in total. The van der Waals surface area contributed by atoms with Crippen LogP contribution in [0.15, 0.2) is 0 Å². The number of nitrogens with one attached hydrogen (secondary N) is 1. The summed E-state index contributed by atoms with van der Waals surface area (Å²) in [6.45, 7) is 8.09. The third kappa shape index (κ3) is 4.48. The molecule has 1 aliphatic rings. The van der Waals surface area contributed by atoms with Crippen LogP contribution in [-0.4, -0.2) is 23.8 Å². The first-order valence-corrected chi connectivity index (χ1v) is 6.98. The Labute approximate surface area is 111 Å². The first kappa shape index (κ1) is 15.3. The van der Waals surface area contributed by atoms with E-state index in [2.05, 4.69) is 5.32 Å². The molecule has 1 saturated carbocycles. The van der Waals surface area contributed by atoms with Gasteiger partial charge >= 0.3 is 6.09 Å². The Kier molecular flexibility index (Phi) is 5.02. The van der Waals surface area contributed by atoms with Gasteiger partial charge in [0.1, 0.15) is 5.60 Å². The SMILES string of the molecule is CC(C)(C)OC(=O)NC(C)(CN)C1CCCCC1. The second-order valence-corrected chi connectivity index (χ2v) is 6.58. The van der Waals surface area contributed by atoms with Gasteiger partial charge in [0, 0.05) is 6.54 Å². The molecule has 0 heterocycles. The standard InChI is InChI=1S/C14H28N2O2/c1-13(2,3)18-12(17)16-14(4,10-15)11-8-6-5-7-9-11/h11H,5-10,15H2,1-4H3,(H,16,17). The first-order valence-electron chi connectivity index (χ1n) is 6.98. The van der Waals surface area contributed by atoms with Gasteiger partial charge < -0.3 is 15.8 Å². The zero-order valence-corrected chi connectivity index (χ0v) is 12.2. The van der Waals surface area contributed by atoms with E-state index >= 15 is 0 Å². The van der Waals surface area contributed by atoms with E-state index in [1.165, 1.54) is 19.3 Å². The number of carbonyl (C=O) groups excluding carboxylic acids is 1. The van der Waals surface area contributed by atoms with Crippen LogP contribution in [0.4, 0.5) is 4.79 Å². The quantitative estimate of drug-likeness (QED) is 0.816. The molecule has 1 amide bonds. The number of nitrogens with two attached hydrogens (primary N) is 1. The van der Waals surface area contributed by atoms with Crippen molar-refractivity contribution >= 4 is 6.09 Å². The largest absolute Gasteiger partial charge is 0.444 e. The number of alkyl carbamates (subject to hydrolysis) is 1. The molecule has 4 nitrogen and oxygen atoms in total. The fourth-order valence-electron chi connectivity index (χ4n) is 2.60. The predicted octanol–water partition coefficient (Wildman–Crippen LogP) is 2.81. The summed E-state index contributed by atoms with van der Waals surface area (Å²) >= 11 is 0. The van der Waals surface area contributed by atoms with Crippen molar-refractivity contribution in [3.8, 4) is 0 Å². The maximum Gasteiger partial charge on any atom is 0.408 e. The number of carbonyl (C=O) groups is 1. The zero-order chi connectivity index (χ0) is 13.8. The second-order valence-electron chi connectivity index (χ2n) is 6.58. The second kappa shape index (κ2) is 5.91. The van der Waals surface area contributed by atoms with Gasteiger partial charge in [0.25, 0.3) is 0 Å². The van der Waals surface area contributed by atoms with Crippen LogP contribution in [0.1, 0.15) is 59.8 Å². The molecule has 18 heavy (non-hydrogen) atoms. The maximum absolute atomic E-state index is 11.9. The normalized spacial score (nSPS) is 21.2. The number of hydrogen-bond acceptors (Lipinski definition) is 3. The molecule has 0 saturated heterocycles. The van der Waals surface area contributed by atoms with Gasteiger partial charge in [0.15, 0.2) is 0 Å². The molecule has 1 rings (SSSR count). The van der Waals surface area contributed by atoms with Crippen LogP contribution < -0.4 is 11.1 Å². The summed E-state index contributed by atoms with van der Waals surface area (Å²) in [5.74, 6) is 0.462. The lowest BCUT2D eigenvalue weighted by atomic mass is 9.75. The van der Waals surface area contributed by atoms with Gasteiger partial charge in [-0.2, -0.15) is 0 Å². The summed E-state index contributed by atoms with van der Waals surface area (Å²) in [5, 5.41) is 2.98. The average Bonchev–Trinajstić information content (AvgIpc) is 2.27. The number of ether oxygens (including phenoxy) is 1. The van der Waals surface area contributed by atoms with Crippen molar-refractivity contribution in [1.82, 2.24) is 5.32 Å². The number of amides is 1. The lowest BCUT2D eigenvalue weighted by molar-refractivity contribution is 0.0407. The Morgan fingerprint density at radius 1 is 1.22 bits per heavy atom. The summed E-state index contributed by atoms with van der Waals surface area (Å²) in [7, 11) is 0. The summed E-state index contributed by atoms with van der Waals surface area (Å²) in [6.07, 6.45) is 5.68. The molecule has 0 aliphatic heterocycles. The molecule has 1 atom stereocenters. The molecule has 0 aromatic carbocycles. The molecule has 0 radical (unpaired) electrons.